The lowest BCUT2D eigenvalue weighted by Crippen LogP contribution is -2.09. The highest BCUT2D eigenvalue weighted by Gasteiger charge is 2.08. The molecule has 0 unspecified atom stereocenters. The minimum Gasteiger partial charge on any atom is -0.466 e. The number of hydrogen-bond donors (Lipinski definition) is 0. The monoisotopic (exact) mass is 324 g/mol. The Balaban J connectivity index is 2.07. The summed E-state index contributed by atoms with van der Waals surface area (Å²) < 4.78 is 23.1. The summed E-state index contributed by atoms with van der Waals surface area (Å²) in [5.74, 6) is -0.305. The standard InChI is InChI=1S/C18H25FO4/c1-14(2)7-6-12-22-17(20)10-3-4-11-18(21)23-16-9-5-8-15(19)13-16/h5,8-9,13-14H,3-4,6-7,10-12H2,1-2H3. The molecule has 5 heteroatoms. The molecule has 0 fully saturated rings. The number of unbranched alkanes of at least 4 members (excludes halogenated alkanes) is 1. The smallest absolute Gasteiger partial charge is 0.311 e. The molecule has 0 amide bonds. The van der Waals surface area contributed by atoms with Gasteiger partial charge in [-0.2, -0.15) is 0 Å². The van der Waals surface area contributed by atoms with Crippen molar-refractivity contribution in [3.8, 4) is 5.75 Å². The predicted molar refractivity (Wildman–Crippen MR) is 85.5 cm³/mol. The first kappa shape index (κ1) is 19.1. The van der Waals surface area contributed by atoms with E-state index in [2.05, 4.69) is 13.8 Å². The fourth-order valence-electron chi connectivity index (χ4n) is 2.00. The zero-order valence-electron chi connectivity index (χ0n) is 13.8. The summed E-state index contributed by atoms with van der Waals surface area (Å²) in [5, 5.41) is 0. The van der Waals surface area contributed by atoms with Gasteiger partial charge in [0.25, 0.3) is 0 Å². The molecule has 0 aliphatic carbocycles. The van der Waals surface area contributed by atoms with Crippen molar-refractivity contribution in [1.29, 1.82) is 0 Å². The van der Waals surface area contributed by atoms with E-state index in [1.807, 2.05) is 0 Å². The summed E-state index contributed by atoms with van der Waals surface area (Å²) in [7, 11) is 0. The normalized spacial score (nSPS) is 10.6. The van der Waals surface area contributed by atoms with Crippen molar-refractivity contribution in [2.45, 2.75) is 52.4 Å². The minimum absolute atomic E-state index is 0.192. The molecule has 1 aromatic carbocycles. The molecule has 1 rings (SSSR count). The maximum Gasteiger partial charge on any atom is 0.311 e. The van der Waals surface area contributed by atoms with Crippen LogP contribution < -0.4 is 4.74 Å². The highest BCUT2D eigenvalue weighted by Crippen LogP contribution is 2.13. The van der Waals surface area contributed by atoms with E-state index in [4.69, 9.17) is 9.47 Å². The van der Waals surface area contributed by atoms with Crippen molar-refractivity contribution in [3.05, 3.63) is 30.1 Å². The molecule has 0 bridgehead atoms. The fraction of sp³-hybridized carbons (Fsp3) is 0.556. The third kappa shape index (κ3) is 9.66. The number of carbonyl (C=O) groups excluding carboxylic acids is 2. The van der Waals surface area contributed by atoms with Crippen LogP contribution in [-0.4, -0.2) is 18.5 Å². The van der Waals surface area contributed by atoms with Crippen molar-refractivity contribution in [3.63, 3.8) is 0 Å². The number of esters is 2. The molecule has 4 nitrogen and oxygen atoms in total. The Bertz CT molecular complexity index is 500. The maximum atomic E-state index is 12.9. The third-order valence-corrected chi connectivity index (χ3v) is 3.23. The van der Waals surface area contributed by atoms with Gasteiger partial charge < -0.3 is 9.47 Å². The Morgan fingerprint density at radius 3 is 2.43 bits per heavy atom. The van der Waals surface area contributed by atoms with Gasteiger partial charge in [-0.3, -0.25) is 9.59 Å². The minimum atomic E-state index is -0.449. The van der Waals surface area contributed by atoms with Crippen molar-refractivity contribution >= 4 is 11.9 Å². The van der Waals surface area contributed by atoms with Gasteiger partial charge in [-0.15, -0.1) is 0 Å². The van der Waals surface area contributed by atoms with E-state index in [1.165, 1.54) is 18.2 Å². The second kappa shape index (κ2) is 10.8. The van der Waals surface area contributed by atoms with E-state index >= 15 is 0 Å². The van der Waals surface area contributed by atoms with Crippen LogP contribution in [0.2, 0.25) is 0 Å². The van der Waals surface area contributed by atoms with Gasteiger partial charge in [-0.25, -0.2) is 4.39 Å². The Kier molecular flexibility index (Phi) is 8.95. The molecule has 0 aromatic heterocycles. The average molecular weight is 324 g/mol. The van der Waals surface area contributed by atoms with E-state index < -0.39 is 11.8 Å². The van der Waals surface area contributed by atoms with Crippen LogP contribution in [-0.2, 0) is 14.3 Å². The second-order valence-electron chi connectivity index (χ2n) is 5.90. The highest BCUT2D eigenvalue weighted by atomic mass is 19.1. The van der Waals surface area contributed by atoms with Crippen LogP contribution >= 0.6 is 0 Å². The van der Waals surface area contributed by atoms with Crippen molar-refractivity contribution in [2.75, 3.05) is 6.61 Å². The van der Waals surface area contributed by atoms with Crippen LogP contribution in [0.4, 0.5) is 4.39 Å². The Morgan fingerprint density at radius 2 is 1.78 bits per heavy atom. The number of rotatable bonds is 10. The molecule has 0 saturated carbocycles. The molecule has 0 heterocycles. The molecule has 1 aromatic rings. The molecule has 0 spiro atoms. The van der Waals surface area contributed by atoms with Crippen molar-refractivity contribution in [2.24, 2.45) is 5.92 Å². The summed E-state index contributed by atoms with van der Waals surface area (Å²) >= 11 is 0. The maximum absolute atomic E-state index is 12.9. The predicted octanol–water partition coefficient (Wildman–Crippen LogP) is 4.27. The van der Waals surface area contributed by atoms with Gasteiger partial charge >= 0.3 is 11.9 Å². The molecule has 0 radical (unpaired) electrons. The van der Waals surface area contributed by atoms with Crippen LogP contribution in [0.25, 0.3) is 0 Å². The van der Waals surface area contributed by atoms with E-state index in [9.17, 15) is 14.0 Å². The van der Waals surface area contributed by atoms with Crippen LogP contribution in [0.5, 0.6) is 5.75 Å². The molecule has 0 atom stereocenters. The Hall–Kier alpha value is -1.91. The van der Waals surface area contributed by atoms with Crippen LogP contribution in [0.3, 0.4) is 0 Å². The second-order valence-corrected chi connectivity index (χ2v) is 5.90. The summed E-state index contributed by atoms with van der Waals surface area (Å²) in [6.45, 7) is 4.72. The van der Waals surface area contributed by atoms with Gasteiger partial charge in [0.05, 0.1) is 6.61 Å². The van der Waals surface area contributed by atoms with E-state index in [-0.39, 0.29) is 18.1 Å². The topological polar surface area (TPSA) is 52.6 Å². The molecule has 0 saturated heterocycles. The van der Waals surface area contributed by atoms with E-state index in [0.29, 0.717) is 31.8 Å². The number of halogens is 1. The summed E-state index contributed by atoms with van der Waals surface area (Å²) in [6.07, 6.45) is 3.52. The van der Waals surface area contributed by atoms with E-state index in [0.717, 1.165) is 18.9 Å². The lowest BCUT2D eigenvalue weighted by atomic mass is 10.1. The molecule has 0 N–H and O–H groups in total. The van der Waals surface area contributed by atoms with Crippen LogP contribution in [0.15, 0.2) is 24.3 Å². The first-order valence-corrected chi connectivity index (χ1v) is 8.09. The number of ether oxygens (including phenoxy) is 2. The Morgan fingerprint density at radius 1 is 1.09 bits per heavy atom. The summed E-state index contributed by atoms with van der Waals surface area (Å²) in [6, 6.07) is 5.44. The molecule has 23 heavy (non-hydrogen) atoms. The fourth-order valence-corrected chi connectivity index (χ4v) is 2.00. The largest absolute Gasteiger partial charge is 0.466 e. The van der Waals surface area contributed by atoms with Crippen molar-refractivity contribution in [1.82, 2.24) is 0 Å². The summed E-state index contributed by atoms with van der Waals surface area (Å²) in [4.78, 5) is 23.1. The number of hydrogen-bond acceptors (Lipinski definition) is 4. The lowest BCUT2D eigenvalue weighted by molar-refractivity contribution is -0.144. The average Bonchev–Trinajstić information content (AvgIpc) is 2.48. The van der Waals surface area contributed by atoms with Crippen LogP contribution in [0.1, 0.15) is 52.4 Å². The first-order valence-electron chi connectivity index (χ1n) is 8.09. The molecular formula is C18H25FO4. The molecule has 0 aliphatic rings. The lowest BCUT2D eigenvalue weighted by Gasteiger charge is -2.06. The molecular weight excluding hydrogens is 299 g/mol. The van der Waals surface area contributed by atoms with Gasteiger partial charge in [-0.05, 0) is 43.7 Å². The molecule has 128 valence electrons. The highest BCUT2D eigenvalue weighted by molar-refractivity contribution is 5.72. The number of carbonyl (C=O) groups is 2. The Labute approximate surface area is 137 Å². The quantitative estimate of drug-likeness (QED) is 0.366. The molecule has 0 aliphatic heterocycles. The zero-order valence-corrected chi connectivity index (χ0v) is 13.8. The van der Waals surface area contributed by atoms with E-state index in [1.54, 1.807) is 0 Å². The van der Waals surface area contributed by atoms with Gasteiger partial charge in [0.2, 0.25) is 0 Å². The van der Waals surface area contributed by atoms with Crippen LogP contribution in [0, 0.1) is 11.7 Å². The van der Waals surface area contributed by atoms with Gasteiger partial charge in [0.15, 0.2) is 0 Å². The zero-order chi connectivity index (χ0) is 17.1. The van der Waals surface area contributed by atoms with Gasteiger partial charge in [0, 0.05) is 18.9 Å². The van der Waals surface area contributed by atoms with Gasteiger partial charge in [0.1, 0.15) is 11.6 Å². The third-order valence-electron chi connectivity index (χ3n) is 3.23. The van der Waals surface area contributed by atoms with Crippen molar-refractivity contribution < 1.29 is 23.5 Å². The number of benzene rings is 1. The SMILES string of the molecule is CC(C)CCCOC(=O)CCCCC(=O)Oc1cccc(F)c1. The van der Waals surface area contributed by atoms with Gasteiger partial charge in [-0.1, -0.05) is 19.9 Å². The first-order chi connectivity index (χ1) is 11.0. The summed E-state index contributed by atoms with van der Waals surface area (Å²) in [5.41, 5.74) is 0.